The average molecular weight is 250 g/mol. The van der Waals surface area contributed by atoms with Crippen LogP contribution in [0.4, 0.5) is 0 Å². The van der Waals surface area contributed by atoms with Crippen molar-refractivity contribution < 1.29 is 14.3 Å². The summed E-state index contributed by atoms with van der Waals surface area (Å²) in [5, 5.41) is 0. The lowest BCUT2D eigenvalue weighted by Gasteiger charge is -2.25. The maximum absolute atomic E-state index is 12.1. The zero-order valence-corrected chi connectivity index (χ0v) is 10.9. The van der Waals surface area contributed by atoms with E-state index in [1.165, 1.54) is 12.0 Å². The summed E-state index contributed by atoms with van der Waals surface area (Å²) in [7, 11) is 1.31. The molecule has 0 aliphatic rings. The molecule has 1 aromatic rings. The molecule has 0 spiro atoms. The molecule has 98 valence electrons. The van der Waals surface area contributed by atoms with Gasteiger partial charge in [-0.2, -0.15) is 0 Å². The van der Waals surface area contributed by atoms with Gasteiger partial charge in [0.15, 0.2) is 0 Å². The first-order chi connectivity index (χ1) is 8.54. The molecule has 1 aromatic heterocycles. The van der Waals surface area contributed by atoms with Crippen molar-refractivity contribution in [1.82, 2.24) is 9.88 Å². The fraction of sp³-hybridized carbons (Fsp3) is 0.462. The zero-order valence-electron chi connectivity index (χ0n) is 10.9. The Labute approximate surface area is 107 Å². The van der Waals surface area contributed by atoms with Crippen molar-refractivity contribution in [3.8, 4) is 0 Å². The van der Waals surface area contributed by atoms with Crippen LogP contribution < -0.4 is 0 Å². The van der Waals surface area contributed by atoms with Gasteiger partial charge in [-0.3, -0.25) is 14.6 Å². The van der Waals surface area contributed by atoms with Gasteiger partial charge in [0.1, 0.15) is 6.54 Å². The van der Waals surface area contributed by atoms with Crippen LogP contribution in [0.15, 0.2) is 24.5 Å². The molecular weight excluding hydrogens is 232 g/mol. The molecule has 0 aromatic carbocycles. The third-order valence-corrected chi connectivity index (χ3v) is 2.58. The predicted molar refractivity (Wildman–Crippen MR) is 66.8 cm³/mol. The van der Waals surface area contributed by atoms with E-state index in [0.717, 1.165) is 5.56 Å². The maximum Gasteiger partial charge on any atom is 0.325 e. The summed E-state index contributed by atoms with van der Waals surface area (Å²) in [4.78, 5) is 28.8. The monoisotopic (exact) mass is 250 g/mol. The second kappa shape index (κ2) is 6.74. The summed E-state index contributed by atoms with van der Waals surface area (Å²) >= 11 is 0. The number of pyridine rings is 1. The summed E-state index contributed by atoms with van der Waals surface area (Å²) in [6.45, 7) is 3.72. The Morgan fingerprint density at radius 2 is 1.94 bits per heavy atom. The number of nitrogens with zero attached hydrogens (tertiary/aromatic N) is 2. The number of ether oxygens (including phenoxy) is 1. The van der Waals surface area contributed by atoms with Gasteiger partial charge in [-0.25, -0.2) is 0 Å². The summed E-state index contributed by atoms with van der Waals surface area (Å²) in [6.07, 6.45) is 3.54. The number of carbonyl (C=O) groups is 2. The topological polar surface area (TPSA) is 59.5 Å². The summed E-state index contributed by atoms with van der Waals surface area (Å²) in [6, 6.07) is 3.53. The van der Waals surface area contributed by atoms with Crippen LogP contribution in [-0.4, -0.2) is 41.5 Å². The van der Waals surface area contributed by atoms with Crippen LogP contribution in [0.1, 0.15) is 19.4 Å². The number of carbonyl (C=O) groups excluding carboxylic acids is 2. The molecule has 0 fully saturated rings. The summed E-state index contributed by atoms with van der Waals surface area (Å²) in [5.74, 6) is -0.506. The lowest BCUT2D eigenvalue weighted by molar-refractivity contribution is -0.148. The highest BCUT2D eigenvalue weighted by molar-refractivity contribution is 5.83. The van der Waals surface area contributed by atoms with E-state index in [1.54, 1.807) is 24.5 Å². The number of methoxy groups -OCH3 is 1. The van der Waals surface area contributed by atoms with Crippen molar-refractivity contribution in [2.45, 2.75) is 26.3 Å². The zero-order chi connectivity index (χ0) is 13.5. The third kappa shape index (κ3) is 4.16. The summed E-state index contributed by atoms with van der Waals surface area (Å²) < 4.78 is 4.59. The van der Waals surface area contributed by atoms with E-state index in [2.05, 4.69) is 9.72 Å². The Morgan fingerprint density at radius 3 is 2.44 bits per heavy atom. The number of rotatable bonds is 5. The molecule has 18 heavy (non-hydrogen) atoms. The lowest BCUT2D eigenvalue weighted by atomic mass is 10.1. The van der Waals surface area contributed by atoms with E-state index in [0.29, 0.717) is 0 Å². The van der Waals surface area contributed by atoms with E-state index in [9.17, 15) is 9.59 Å². The molecule has 0 radical (unpaired) electrons. The first-order valence-electron chi connectivity index (χ1n) is 5.79. The highest BCUT2D eigenvalue weighted by Crippen LogP contribution is 2.05. The fourth-order valence-electron chi connectivity index (χ4n) is 1.54. The molecule has 0 saturated heterocycles. The van der Waals surface area contributed by atoms with Gasteiger partial charge in [0.2, 0.25) is 5.91 Å². The minimum atomic E-state index is -0.410. The van der Waals surface area contributed by atoms with Crippen LogP contribution in [0, 0.1) is 0 Å². The largest absolute Gasteiger partial charge is 0.468 e. The van der Waals surface area contributed by atoms with Gasteiger partial charge in [0, 0.05) is 18.4 Å². The highest BCUT2D eigenvalue weighted by atomic mass is 16.5. The van der Waals surface area contributed by atoms with E-state index in [-0.39, 0.29) is 24.9 Å². The van der Waals surface area contributed by atoms with Gasteiger partial charge >= 0.3 is 5.97 Å². The highest BCUT2D eigenvalue weighted by Gasteiger charge is 2.20. The number of amides is 1. The van der Waals surface area contributed by atoms with Gasteiger partial charge in [-0.15, -0.1) is 0 Å². The summed E-state index contributed by atoms with van der Waals surface area (Å²) in [5.41, 5.74) is 0.880. The molecule has 5 nitrogen and oxygen atoms in total. The van der Waals surface area contributed by atoms with E-state index in [4.69, 9.17) is 0 Å². The Balaban J connectivity index is 2.68. The molecule has 1 rings (SSSR count). The molecule has 0 N–H and O–H groups in total. The molecule has 0 aliphatic heterocycles. The molecule has 0 atom stereocenters. The van der Waals surface area contributed by atoms with Crippen molar-refractivity contribution in [3.63, 3.8) is 0 Å². The van der Waals surface area contributed by atoms with Crippen molar-refractivity contribution in [1.29, 1.82) is 0 Å². The normalized spacial score (nSPS) is 10.2. The van der Waals surface area contributed by atoms with Crippen molar-refractivity contribution >= 4 is 11.9 Å². The molecule has 0 unspecified atom stereocenters. The first kappa shape index (κ1) is 14.2. The number of aromatic nitrogens is 1. The number of hydrogen-bond acceptors (Lipinski definition) is 4. The van der Waals surface area contributed by atoms with E-state index >= 15 is 0 Å². The van der Waals surface area contributed by atoms with Gasteiger partial charge < -0.3 is 9.64 Å². The van der Waals surface area contributed by atoms with Crippen molar-refractivity contribution in [2.24, 2.45) is 0 Å². The Hall–Kier alpha value is -1.91. The smallest absolute Gasteiger partial charge is 0.325 e. The average Bonchev–Trinajstić information content (AvgIpc) is 2.36. The first-order valence-corrected chi connectivity index (χ1v) is 5.79. The van der Waals surface area contributed by atoms with Crippen LogP contribution in [0.5, 0.6) is 0 Å². The molecule has 1 amide bonds. The Bertz CT molecular complexity index is 404. The van der Waals surface area contributed by atoms with Crippen LogP contribution in [0.2, 0.25) is 0 Å². The minimum Gasteiger partial charge on any atom is -0.468 e. The van der Waals surface area contributed by atoms with Gasteiger partial charge in [-0.1, -0.05) is 0 Å². The molecule has 1 heterocycles. The van der Waals surface area contributed by atoms with Gasteiger partial charge in [0.05, 0.1) is 13.5 Å². The fourth-order valence-corrected chi connectivity index (χ4v) is 1.54. The van der Waals surface area contributed by atoms with Gasteiger partial charge in [-0.05, 0) is 31.5 Å². The van der Waals surface area contributed by atoms with Crippen LogP contribution in [0.25, 0.3) is 0 Å². The van der Waals surface area contributed by atoms with Crippen LogP contribution in [0.3, 0.4) is 0 Å². The standard InChI is InChI=1S/C13H18N2O3/c1-10(2)15(9-13(17)18-3)12(16)8-11-4-6-14-7-5-11/h4-7,10H,8-9H2,1-3H3. The quantitative estimate of drug-likeness (QED) is 0.732. The Kier molecular flexibility index (Phi) is 5.30. The molecular formula is C13H18N2O3. The minimum absolute atomic E-state index is 0.0158. The molecule has 0 bridgehead atoms. The third-order valence-electron chi connectivity index (χ3n) is 2.58. The van der Waals surface area contributed by atoms with E-state index < -0.39 is 5.97 Å². The maximum atomic E-state index is 12.1. The van der Waals surface area contributed by atoms with Crippen LogP contribution in [-0.2, 0) is 20.7 Å². The number of esters is 1. The Morgan fingerprint density at radius 1 is 1.33 bits per heavy atom. The van der Waals surface area contributed by atoms with Crippen molar-refractivity contribution in [3.05, 3.63) is 30.1 Å². The lowest BCUT2D eigenvalue weighted by Crippen LogP contribution is -2.41. The van der Waals surface area contributed by atoms with Crippen LogP contribution >= 0.6 is 0 Å². The van der Waals surface area contributed by atoms with Gasteiger partial charge in [0.25, 0.3) is 0 Å². The molecule has 5 heteroatoms. The van der Waals surface area contributed by atoms with Crippen molar-refractivity contribution in [2.75, 3.05) is 13.7 Å². The molecule has 0 aliphatic carbocycles. The predicted octanol–water partition coefficient (Wildman–Crippen LogP) is 1.03. The number of hydrogen-bond donors (Lipinski definition) is 0. The SMILES string of the molecule is COC(=O)CN(C(=O)Cc1ccncc1)C(C)C. The molecule has 0 saturated carbocycles. The van der Waals surface area contributed by atoms with E-state index in [1.807, 2.05) is 13.8 Å². The second-order valence-electron chi connectivity index (χ2n) is 4.22. The second-order valence-corrected chi connectivity index (χ2v) is 4.22.